The van der Waals surface area contributed by atoms with Gasteiger partial charge in [-0.2, -0.15) is 0 Å². The van der Waals surface area contributed by atoms with Gasteiger partial charge >= 0.3 is 5.69 Å². The number of carbonyl (C=O) groups excluding carboxylic acids is 1. The van der Waals surface area contributed by atoms with Crippen LogP contribution in [0.3, 0.4) is 0 Å². The summed E-state index contributed by atoms with van der Waals surface area (Å²) < 4.78 is 3.95. The van der Waals surface area contributed by atoms with Crippen LogP contribution in [0.5, 0.6) is 0 Å². The molecule has 0 bridgehead atoms. The quantitative estimate of drug-likeness (QED) is 0.440. The molecule has 1 fully saturated rings. The fourth-order valence-electron chi connectivity index (χ4n) is 5.18. The molecule has 6 rings (SSSR count). The molecule has 1 saturated heterocycles. The van der Waals surface area contributed by atoms with E-state index in [1.807, 2.05) is 77.1 Å². The monoisotopic (exact) mass is 451 g/mol. The van der Waals surface area contributed by atoms with E-state index in [0.717, 1.165) is 46.4 Å². The molecule has 0 aliphatic carbocycles. The fraction of sp³-hybridized carbons (Fsp3) is 0.222. The highest BCUT2D eigenvalue weighted by Gasteiger charge is 2.27. The summed E-state index contributed by atoms with van der Waals surface area (Å²) in [7, 11) is 0. The van der Waals surface area contributed by atoms with Crippen LogP contribution in [0.15, 0.2) is 77.6 Å². The summed E-state index contributed by atoms with van der Waals surface area (Å²) in [6, 6.07) is 23.7. The van der Waals surface area contributed by atoms with Gasteiger partial charge in [-0.3, -0.25) is 13.9 Å². The molecule has 3 heterocycles. The Labute approximate surface area is 196 Å². The average molecular weight is 452 g/mol. The second-order valence-electron chi connectivity index (χ2n) is 8.87. The van der Waals surface area contributed by atoms with Crippen molar-refractivity contribution in [1.82, 2.24) is 24.0 Å². The van der Waals surface area contributed by atoms with E-state index in [-0.39, 0.29) is 17.6 Å². The zero-order valence-corrected chi connectivity index (χ0v) is 18.9. The van der Waals surface area contributed by atoms with E-state index in [0.29, 0.717) is 18.7 Å². The van der Waals surface area contributed by atoms with E-state index >= 15 is 0 Å². The third kappa shape index (κ3) is 3.32. The number of fused-ring (bicyclic) bond motifs is 2. The standard InChI is InChI=1S/C27H25N5O2/c1-18-28-23-17-19(11-12-25(23)31(18)20-7-3-2-4-8-20)26(33)30-15-13-21(14-16-30)32-24-10-6-5-9-22(24)29-27(32)34/h2-12,17,21H,13-16H2,1H3,(H,29,34). The first kappa shape index (κ1) is 20.5. The van der Waals surface area contributed by atoms with Crippen LogP contribution in [-0.2, 0) is 0 Å². The number of aryl methyl sites for hydroxylation is 1. The number of likely N-dealkylation sites (tertiary alicyclic amines) is 1. The Morgan fingerprint density at radius 1 is 0.941 bits per heavy atom. The topological polar surface area (TPSA) is 75.9 Å². The van der Waals surface area contributed by atoms with Crippen LogP contribution in [0.1, 0.15) is 35.1 Å². The molecule has 1 N–H and O–H groups in total. The predicted molar refractivity (Wildman–Crippen MR) is 133 cm³/mol. The maximum absolute atomic E-state index is 13.3. The zero-order chi connectivity index (χ0) is 23.2. The molecule has 0 saturated carbocycles. The lowest BCUT2D eigenvalue weighted by atomic mass is 10.0. The van der Waals surface area contributed by atoms with Crippen molar-refractivity contribution in [3.63, 3.8) is 0 Å². The van der Waals surface area contributed by atoms with Crippen LogP contribution >= 0.6 is 0 Å². The van der Waals surface area contributed by atoms with Gasteiger partial charge in [-0.25, -0.2) is 9.78 Å². The molecule has 1 aliphatic heterocycles. The van der Waals surface area contributed by atoms with Crippen molar-refractivity contribution in [2.45, 2.75) is 25.8 Å². The maximum atomic E-state index is 13.3. The number of piperidine rings is 1. The Balaban J connectivity index is 1.23. The Kier molecular flexibility index (Phi) is 4.83. The Morgan fingerprint density at radius 3 is 2.47 bits per heavy atom. The van der Waals surface area contributed by atoms with Gasteiger partial charge < -0.3 is 9.88 Å². The first-order chi connectivity index (χ1) is 16.6. The van der Waals surface area contributed by atoms with E-state index in [1.54, 1.807) is 0 Å². The van der Waals surface area contributed by atoms with Crippen LogP contribution < -0.4 is 5.69 Å². The smallest absolute Gasteiger partial charge is 0.326 e. The maximum Gasteiger partial charge on any atom is 0.326 e. The largest absolute Gasteiger partial charge is 0.338 e. The van der Waals surface area contributed by atoms with E-state index in [9.17, 15) is 9.59 Å². The number of nitrogens with zero attached hydrogens (tertiary/aromatic N) is 4. The molecule has 1 aliphatic rings. The van der Waals surface area contributed by atoms with Gasteiger partial charge in [0.05, 0.1) is 22.1 Å². The summed E-state index contributed by atoms with van der Waals surface area (Å²) >= 11 is 0. The molecule has 0 radical (unpaired) electrons. The minimum Gasteiger partial charge on any atom is -0.338 e. The van der Waals surface area contributed by atoms with Gasteiger partial charge in [0.15, 0.2) is 0 Å². The van der Waals surface area contributed by atoms with Crippen LogP contribution in [-0.4, -0.2) is 43.0 Å². The predicted octanol–water partition coefficient (Wildman–Crippen LogP) is 4.45. The lowest BCUT2D eigenvalue weighted by Gasteiger charge is -2.32. The summed E-state index contributed by atoms with van der Waals surface area (Å²) in [4.78, 5) is 35.4. The number of carbonyl (C=O) groups is 1. The number of imidazole rings is 2. The number of hydrogen-bond donors (Lipinski definition) is 1. The van der Waals surface area contributed by atoms with E-state index < -0.39 is 0 Å². The van der Waals surface area contributed by atoms with Crippen LogP contribution in [0.25, 0.3) is 27.8 Å². The van der Waals surface area contributed by atoms with Crippen molar-refractivity contribution < 1.29 is 4.79 Å². The number of hydrogen-bond acceptors (Lipinski definition) is 3. The van der Waals surface area contributed by atoms with Gasteiger partial charge in [0.25, 0.3) is 5.91 Å². The van der Waals surface area contributed by atoms with E-state index in [4.69, 9.17) is 4.98 Å². The molecular weight excluding hydrogens is 426 g/mol. The molecule has 0 atom stereocenters. The van der Waals surface area contributed by atoms with Crippen molar-refractivity contribution in [3.8, 4) is 5.69 Å². The second-order valence-corrected chi connectivity index (χ2v) is 8.87. The highest BCUT2D eigenvalue weighted by molar-refractivity contribution is 5.97. The summed E-state index contributed by atoms with van der Waals surface area (Å²) in [5, 5.41) is 0. The first-order valence-electron chi connectivity index (χ1n) is 11.6. The highest BCUT2D eigenvalue weighted by Crippen LogP contribution is 2.27. The number of aromatic amines is 1. The van der Waals surface area contributed by atoms with Gasteiger partial charge in [-0.1, -0.05) is 30.3 Å². The summed E-state index contributed by atoms with van der Waals surface area (Å²) in [5.41, 5.74) is 5.19. The first-order valence-corrected chi connectivity index (χ1v) is 11.6. The Hall–Kier alpha value is -4.13. The van der Waals surface area contributed by atoms with Gasteiger partial charge in [0.1, 0.15) is 5.82 Å². The molecule has 3 aromatic carbocycles. The molecule has 7 nitrogen and oxygen atoms in total. The molecular formula is C27H25N5O2. The second kappa shape index (κ2) is 8.02. The molecule has 0 spiro atoms. The van der Waals surface area contributed by atoms with Gasteiger partial charge in [-0.05, 0) is 62.2 Å². The lowest BCUT2D eigenvalue weighted by Crippen LogP contribution is -2.40. The molecule has 0 unspecified atom stereocenters. The van der Waals surface area contributed by atoms with Crippen LogP contribution in [0, 0.1) is 6.92 Å². The van der Waals surface area contributed by atoms with E-state index in [1.165, 1.54) is 0 Å². The minimum absolute atomic E-state index is 0.0125. The van der Waals surface area contributed by atoms with Gasteiger partial charge in [0.2, 0.25) is 0 Å². The van der Waals surface area contributed by atoms with Crippen molar-refractivity contribution in [1.29, 1.82) is 0 Å². The van der Waals surface area contributed by atoms with Gasteiger partial charge in [0, 0.05) is 30.4 Å². The van der Waals surface area contributed by atoms with Crippen molar-refractivity contribution in [2.24, 2.45) is 0 Å². The Bertz CT molecular complexity index is 1570. The molecule has 2 aromatic heterocycles. The molecule has 5 aromatic rings. The average Bonchev–Trinajstić information content (AvgIpc) is 3.38. The number of para-hydroxylation sites is 3. The molecule has 7 heteroatoms. The lowest BCUT2D eigenvalue weighted by molar-refractivity contribution is 0.0695. The molecule has 34 heavy (non-hydrogen) atoms. The van der Waals surface area contributed by atoms with Crippen LogP contribution in [0.4, 0.5) is 0 Å². The summed E-state index contributed by atoms with van der Waals surface area (Å²) in [6.45, 7) is 3.21. The van der Waals surface area contributed by atoms with Crippen molar-refractivity contribution >= 4 is 28.0 Å². The number of nitrogens with one attached hydrogen (secondary N) is 1. The number of amides is 1. The summed E-state index contributed by atoms with van der Waals surface area (Å²) in [5.74, 6) is 0.898. The number of benzene rings is 3. The molecule has 1 amide bonds. The summed E-state index contributed by atoms with van der Waals surface area (Å²) in [6.07, 6.45) is 1.50. The van der Waals surface area contributed by atoms with Gasteiger partial charge in [-0.15, -0.1) is 0 Å². The third-order valence-corrected chi connectivity index (χ3v) is 6.82. The highest BCUT2D eigenvalue weighted by atomic mass is 16.2. The number of rotatable bonds is 3. The van der Waals surface area contributed by atoms with Crippen molar-refractivity contribution in [3.05, 3.63) is 94.7 Å². The SMILES string of the molecule is Cc1nc2cc(C(=O)N3CCC(n4c(=O)[nH]c5ccccc54)CC3)ccc2n1-c1ccccc1. The fourth-order valence-corrected chi connectivity index (χ4v) is 5.18. The number of aromatic nitrogens is 4. The van der Waals surface area contributed by atoms with Crippen molar-refractivity contribution in [2.75, 3.05) is 13.1 Å². The number of H-pyrrole nitrogens is 1. The normalized spacial score (nSPS) is 14.8. The third-order valence-electron chi connectivity index (χ3n) is 6.82. The molecule has 170 valence electrons. The minimum atomic E-state index is -0.0826. The van der Waals surface area contributed by atoms with E-state index in [2.05, 4.69) is 21.7 Å². The zero-order valence-electron chi connectivity index (χ0n) is 18.9. The Morgan fingerprint density at radius 2 is 1.68 bits per heavy atom. The van der Waals surface area contributed by atoms with Crippen LogP contribution in [0.2, 0.25) is 0 Å².